The maximum absolute atomic E-state index is 13.8. The van der Waals surface area contributed by atoms with Crippen molar-refractivity contribution < 1.29 is 23.9 Å². The minimum Gasteiger partial charge on any atom is -0.428 e. The Kier molecular flexibility index (Phi) is 6.56. The molecule has 5 heteroatoms. The van der Waals surface area contributed by atoms with E-state index in [9.17, 15) is 14.4 Å². The molecule has 0 aliphatic heterocycles. The average molecular weight is 527 g/mol. The fourth-order valence-corrected chi connectivity index (χ4v) is 11.6. The molecule has 5 nitrogen and oxygen atoms in total. The van der Waals surface area contributed by atoms with Crippen molar-refractivity contribution in [3.05, 3.63) is 12.2 Å². The van der Waals surface area contributed by atoms with Crippen molar-refractivity contribution in [1.29, 1.82) is 0 Å². The zero-order valence-corrected chi connectivity index (χ0v) is 24.9. The van der Waals surface area contributed by atoms with Crippen molar-refractivity contribution in [2.75, 3.05) is 6.79 Å². The van der Waals surface area contributed by atoms with Crippen LogP contribution in [-0.2, 0) is 23.9 Å². The molecule has 5 fully saturated rings. The van der Waals surface area contributed by atoms with Crippen LogP contribution in [0.5, 0.6) is 0 Å². The molecule has 5 rings (SSSR count). The highest BCUT2D eigenvalue weighted by Gasteiger charge is 2.72. The van der Waals surface area contributed by atoms with Crippen LogP contribution in [0.3, 0.4) is 0 Å². The maximum Gasteiger partial charge on any atom is 0.315 e. The molecule has 0 bridgehead atoms. The van der Waals surface area contributed by atoms with Crippen LogP contribution in [0.4, 0.5) is 0 Å². The molecule has 0 aromatic carbocycles. The summed E-state index contributed by atoms with van der Waals surface area (Å²) >= 11 is 0. The Balaban J connectivity index is 1.50. The van der Waals surface area contributed by atoms with Crippen LogP contribution >= 0.6 is 0 Å². The van der Waals surface area contributed by atoms with Gasteiger partial charge in [0.25, 0.3) is 0 Å². The second kappa shape index (κ2) is 8.93. The van der Waals surface area contributed by atoms with Gasteiger partial charge >= 0.3 is 11.9 Å². The standard InChI is InChI=1S/C33H50O5/c1-20(2)22-11-16-33(28(36)38-19-37-21(3)34)18-17-31(7)23(27(22)33)9-10-25-30(6)14-13-26(35)29(4,5)24(30)12-15-32(25,31)8/h22-25,27H,1,9-19H2,2-8H3/t22-,23+,24?,25+,27?,30-,31+,32+,33-/m0/s1. The molecule has 5 aliphatic carbocycles. The van der Waals surface area contributed by atoms with Crippen molar-refractivity contribution in [3.8, 4) is 0 Å². The van der Waals surface area contributed by atoms with Gasteiger partial charge in [-0.1, -0.05) is 46.8 Å². The number of esters is 2. The maximum atomic E-state index is 13.8. The number of hydrogen-bond donors (Lipinski definition) is 0. The molecule has 0 amide bonds. The average Bonchev–Trinajstić information content (AvgIpc) is 3.23. The molecule has 0 N–H and O–H groups in total. The molecule has 0 saturated heterocycles. The van der Waals surface area contributed by atoms with E-state index >= 15 is 0 Å². The molecule has 38 heavy (non-hydrogen) atoms. The van der Waals surface area contributed by atoms with Gasteiger partial charge in [0.05, 0.1) is 5.41 Å². The summed E-state index contributed by atoms with van der Waals surface area (Å²) in [5, 5.41) is 0. The summed E-state index contributed by atoms with van der Waals surface area (Å²) in [7, 11) is 0. The summed E-state index contributed by atoms with van der Waals surface area (Å²) < 4.78 is 10.6. The lowest BCUT2D eigenvalue weighted by Crippen LogP contribution is -2.66. The number of ketones is 1. The van der Waals surface area contributed by atoms with Crippen LogP contribution in [0.1, 0.15) is 113 Å². The second-order valence-electron chi connectivity index (χ2n) is 15.2. The van der Waals surface area contributed by atoms with Crippen molar-refractivity contribution in [2.45, 2.75) is 113 Å². The quantitative estimate of drug-likeness (QED) is 0.219. The number of hydrogen-bond acceptors (Lipinski definition) is 5. The number of carbonyl (C=O) groups is 3. The van der Waals surface area contributed by atoms with Gasteiger partial charge in [0.1, 0.15) is 5.78 Å². The van der Waals surface area contributed by atoms with Crippen molar-refractivity contribution in [2.24, 2.45) is 56.7 Å². The normalized spacial score (nSPS) is 47.1. The largest absolute Gasteiger partial charge is 0.428 e. The predicted molar refractivity (Wildman–Crippen MR) is 147 cm³/mol. The molecule has 2 unspecified atom stereocenters. The highest BCUT2D eigenvalue weighted by atomic mass is 16.7. The second-order valence-corrected chi connectivity index (χ2v) is 15.2. The van der Waals surface area contributed by atoms with Gasteiger partial charge in [0, 0.05) is 18.8 Å². The third-order valence-corrected chi connectivity index (χ3v) is 13.7. The molecule has 0 spiro atoms. The third-order valence-electron chi connectivity index (χ3n) is 13.7. The first kappa shape index (κ1) is 27.9. The molecule has 5 aliphatic rings. The Morgan fingerprint density at radius 3 is 2.21 bits per heavy atom. The topological polar surface area (TPSA) is 69.7 Å². The Hall–Kier alpha value is -1.65. The smallest absolute Gasteiger partial charge is 0.315 e. The Bertz CT molecular complexity index is 1040. The summed E-state index contributed by atoms with van der Waals surface area (Å²) in [4.78, 5) is 38.1. The van der Waals surface area contributed by atoms with E-state index in [0.717, 1.165) is 51.4 Å². The molecular weight excluding hydrogens is 476 g/mol. The van der Waals surface area contributed by atoms with Gasteiger partial charge in [-0.15, -0.1) is 0 Å². The SMILES string of the molecule is C=C(C)[C@@H]1CC[C@]2(C(=O)OCOC(C)=O)CC[C@]3(C)[C@H](CC[C@@H]4[C@@]5(C)CCC(=O)C(C)(C)C5CC[C@]43C)C12. The van der Waals surface area contributed by atoms with E-state index < -0.39 is 11.4 Å². The van der Waals surface area contributed by atoms with Crippen LogP contribution in [0.2, 0.25) is 0 Å². The van der Waals surface area contributed by atoms with E-state index in [4.69, 9.17) is 9.47 Å². The minimum absolute atomic E-state index is 0.123. The zero-order valence-electron chi connectivity index (χ0n) is 24.9. The Morgan fingerprint density at radius 1 is 0.842 bits per heavy atom. The molecule has 0 aromatic heterocycles. The molecule has 0 aromatic rings. The van der Waals surface area contributed by atoms with Gasteiger partial charge in [-0.2, -0.15) is 0 Å². The Morgan fingerprint density at radius 2 is 1.55 bits per heavy atom. The Labute approximate surface area is 229 Å². The van der Waals surface area contributed by atoms with Crippen LogP contribution in [0.15, 0.2) is 12.2 Å². The predicted octanol–water partition coefficient (Wildman–Crippen LogP) is 7.28. The third kappa shape index (κ3) is 3.58. The van der Waals surface area contributed by atoms with Gasteiger partial charge in [-0.25, -0.2) is 0 Å². The van der Waals surface area contributed by atoms with E-state index in [1.165, 1.54) is 18.9 Å². The molecule has 0 heterocycles. The lowest BCUT2D eigenvalue weighted by atomic mass is 9.32. The monoisotopic (exact) mass is 526 g/mol. The van der Waals surface area contributed by atoms with E-state index in [1.54, 1.807) is 0 Å². The summed E-state index contributed by atoms with van der Waals surface area (Å²) in [6, 6.07) is 0. The summed E-state index contributed by atoms with van der Waals surface area (Å²) in [5.41, 5.74) is 0.905. The highest BCUT2D eigenvalue weighted by molar-refractivity contribution is 5.85. The number of Topliss-reactive ketones (excluding diaryl/α,β-unsaturated/α-hetero) is 1. The van der Waals surface area contributed by atoms with Crippen LogP contribution in [0.25, 0.3) is 0 Å². The van der Waals surface area contributed by atoms with Gasteiger partial charge in [-0.05, 0) is 111 Å². The van der Waals surface area contributed by atoms with Crippen LogP contribution in [0, 0.1) is 56.7 Å². The van der Waals surface area contributed by atoms with Gasteiger partial charge in [-0.3, -0.25) is 14.4 Å². The number of allylic oxidation sites excluding steroid dienone is 1. The summed E-state index contributed by atoms with van der Waals surface area (Å²) in [6.07, 6.45) is 9.98. The summed E-state index contributed by atoms with van der Waals surface area (Å²) in [5.74, 6) is 1.85. The summed E-state index contributed by atoms with van der Waals surface area (Å²) in [6.45, 7) is 19.6. The van der Waals surface area contributed by atoms with Crippen molar-refractivity contribution in [3.63, 3.8) is 0 Å². The van der Waals surface area contributed by atoms with E-state index in [0.29, 0.717) is 35.9 Å². The number of fused-ring (bicyclic) bond motifs is 7. The molecule has 0 radical (unpaired) electrons. The lowest BCUT2D eigenvalue weighted by molar-refractivity contribution is -0.237. The fraction of sp³-hybridized carbons (Fsp3) is 0.848. The highest BCUT2D eigenvalue weighted by Crippen LogP contribution is 2.77. The first-order chi connectivity index (χ1) is 17.6. The van der Waals surface area contributed by atoms with E-state index in [2.05, 4.69) is 48.1 Å². The van der Waals surface area contributed by atoms with Crippen molar-refractivity contribution >= 4 is 17.7 Å². The minimum atomic E-state index is -0.516. The molecule has 9 atom stereocenters. The van der Waals surface area contributed by atoms with Gasteiger partial charge in [0.2, 0.25) is 6.79 Å². The first-order valence-corrected chi connectivity index (χ1v) is 15.1. The molecule has 5 saturated carbocycles. The zero-order chi connectivity index (χ0) is 27.9. The lowest BCUT2D eigenvalue weighted by Gasteiger charge is -2.72. The molecule has 212 valence electrons. The van der Waals surface area contributed by atoms with Crippen LogP contribution in [-0.4, -0.2) is 24.5 Å². The molecular formula is C33H50O5. The van der Waals surface area contributed by atoms with Crippen LogP contribution < -0.4 is 0 Å². The number of rotatable bonds is 4. The van der Waals surface area contributed by atoms with E-state index in [1.807, 2.05) is 0 Å². The van der Waals surface area contributed by atoms with E-state index in [-0.39, 0.29) is 40.3 Å². The number of carbonyl (C=O) groups excluding carboxylic acids is 3. The number of ether oxygens (including phenoxy) is 2. The van der Waals surface area contributed by atoms with Gasteiger partial charge in [0.15, 0.2) is 0 Å². The van der Waals surface area contributed by atoms with Crippen molar-refractivity contribution in [1.82, 2.24) is 0 Å². The fourth-order valence-electron chi connectivity index (χ4n) is 11.6. The first-order valence-electron chi connectivity index (χ1n) is 15.1. The van der Waals surface area contributed by atoms with Gasteiger partial charge < -0.3 is 9.47 Å².